The zero-order valence-electron chi connectivity index (χ0n) is 8.07. The third-order valence-corrected chi connectivity index (χ3v) is 3.05. The third-order valence-electron chi connectivity index (χ3n) is 1.80. The summed E-state index contributed by atoms with van der Waals surface area (Å²) in [5.41, 5.74) is -0.364. The van der Waals surface area contributed by atoms with Gasteiger partial charge in [0.05, 0.1) is 5.02 Å². The Balaban J connectivity index is 2.34. The van der Waals surface area contributed by atoms with Gasteiger partial charge in [-0.2, -0.15) is 0 Å². The van der Waals surface area contributed by atoms with Crippen LogP contribution in [0.3, 0.4) is 0 Å². The molecular formula is C8H6ClFN4OS. The minimum atomic E-state index is -0.548. The zero-order chi connectivity index (χ0) is 11.7. The summed E-state index contributed by atoms with van der Waals surface area (Å²) >= 11 is 6.51. The number of aromatic amines is 1. The van der Waals surface area contributed by atoms with E-state index in [1.807, 2.05) is 0 Å². The Morgan fingerprint density at radius 2 is 2.38 bits per heavy atom. The smallest absolute Gasteiger partial charge is 0.273 e. The van der Waals surface area contributed by atoms with Crippen LogP contribution < -0.4 is 5.69 Å². The van der Waals surface area contributed by atoms with E-state index >= 15 is 0 Å². The quantitative estimate of drug-likeness (QED) is 0.888. The summed E-state index contributed by atoms with van der Waals surface area (Å²) in [6.07, 6.45) is 1.33. The number of hydrogen-bond acceptors (Lipinski definition) is 4. The molecule has 0 spiro atoms. The molecule has 8 heteroatoms. The van der Waals surface area contributed by atoms with E-state index in [1.165, 1.54) is 17.8 Å². The zero-order valence-corrected chi connectivity index (χ0v) is 9.64. The van der Waals surface area contributed by atoms with Crippen molar-refractivity contribution < 1.29 is 4.39 Å². The van der Waals surface area contributed by atoms with Gasteiger partial charge in [0.2, 0.25) is 0 Å². The van der Waals surface area contributed by atoms with E-state index in [2.05, 4.69) is 15.2 Å². The highest BCUT2D eigenvalue weighted by atomic mass is 35.5. The molecule has 0 unspecified atom stereocenters. The van der Waals surface area contributed by atoms with Crippen molar-refractivity contribution in [2.45, 2.75) is 10.2 Å². The standard InChI is InChI=1S/C8H6ClFN4OS/c1-14-7(15)12-13-8(14)16-6-5(10)2-4(9)3-11-6/h2-3H,1H3,(H,12,15). The second kappa shape index (κ2) is 4.26. The highest BCUT2D eigenvalue weighted by Crippen LogP contribution is 2.26. The van der Waals surface area contributed by atoms with Crippen LogP contribution in [0.5, 0.6) is 0 Å². The van der Waals surface area contributed by atoms with Crippen molar-refractivity contribution in [2.75, 3.05) is 0 Å². The van der Waals surface area contributed by atoms with Crippen molar-refractivity contribution in [2.24, 2.45) is 7.05 Å². The Labute approximate surface area is 98.7 Å². The highest BCUT2D eigenvalue weighted by Gasteiger charge is 2.11. The average Bonchev–Trinajstić information content (AvgIpc) is 2.54. The van der Waals surface area contributed by atoms with Crippen LogP contribution in [-0.4, -0.2) is 19.7 Å². The van der Waals surface area contributed by atoms with E-state index in [1.54, 1.807) is 0 Å². The molecule has 0 aromatic carbocycles. The van der Waals surface area contributed by atoms with Crippen molar-refractivity contribution in [1.82, 2.24) is 19.7 Å². The normalized spacial score (nSPS) is 10.7. The minimum absolute atomic E-state index is 0.117. The summed E-state index contributed by atoms with van der Waals surface area (Å²) in [4.78, 5) is 14.9. The van der Waals surface area contributed by atoms with Crippen molar-refractivity contribution in [1.29, 1.82) is 0 Å². The largest absolute Gasteiger partial charge is 0.343 e. The van der Waals surface area contributed by atoms with Crippen LogP contribution in [-0.2, 0) is 7.05 Å². The van der Waals surface area contributed by atoms with Crippen LogP contribution in [0.4, 0.5) is 4.39 Å². The number of rotatable bonds is 2. The first-order valence-corrected chi connectivity index (χ1v) is 5.37. The van der Waals surface area contributed by atoms with E-state index in [0.717, 1.165) is 17.8 Å². The van der Waals surface area contributed by atoms with E-state index in [0.29, 0.717) is 5.16 Å². The van der Waals surface area contributed by atoms with Crippen LogP contribution in [0, 0.1) is 5.82 Å². The second-order valence-electron chi connectivity index (χ2n) is 2.91. The Morgan fingerprint density at radius 3 is 2.94 bits per heavy atom. The number of aromatic nitrogens is 4. The Hall–Kier alpha value is -1.34. The summed E-state index contributed by atoms with van der Waals surface area (Å²) in [6.45, 7) is 0. The molecule has 0 radical (unpaired) electrons. The van der Waals surface area contributed by atoms with Crippen LogP contribution in [0.2, 0.25) is 5.02 Å². The molecule has 0 saturated carbocycles. The van der Waals surface area contributed by atoms with Gasteiger partial charge in [0.15, 0.2) is 11.0 Å². The summed E-state index contributed by atoms with van der Waals surface area (Å²) in [5.74, 6) is -0.548. The Morgan fingerprint density at radius 1 is 1.62 bits per heavy atom. The molecule has 2 aromatic heterocycles. The summed E-state index contributed by atoms with van der Waals surface area (Å²) in [5, 5.41) is 6.64. The molecule has 84 valence electrons. The van der Waals surface area contributed by atoms with Crippen LogP contribution in [0.25, 0.3) is 0 Å². The third kappa shape index (κ3) is 2.10. The summed E-state index contributed by atoms with van der Waals surface area (Å²) < 4.78 is 14.6. The molecule has 0 atom stereocenters. The lowest BCUT2D eigenvalue weighted by Gasteiger charge is -2.00. The molecule has 2 aromatic rings. The van der Waals surface area contributed by atoms with Gasteiger partial charge in [-0.3, -0.25) is 4.57 Å². The molecule has 2 rings (SSSR count). The van der Waals surface area contributed by atoms with Crippen LogP contribution in [0.1, 0.15) is 0 Å². The first-order chi connectivity index (χ1) is 7.58. The maximum Gasteiger partial charge on any atom is 0.343 e. The van der Waals surface area contributed by atoms with Gasteiger partial charge >= 0.3 is 5.69 Å². The fourth-order valence-corrected chi connectivity index (χ4v) is 1.88. The van der Waals surface area contributed by atoms with Crippen molar-refractivity contribution in [3.05, 3.63) is 33.6 Å². The number of nitrogens with zero attached hydrogens (tertiary/aromatic N) is 3. The van der Waals surface area contributed by atoms with Gasteiger partial charge in [-0.15, -0.1) is 5.10 Å². The fraction of sp³-hybridized carbons (Fsp3) is 0.125. The first-order valence-electron chi connectivity index (χ1n) is 4.18. The molecule has 0 saturated heterocycles. The van der Waals surface area contributed by atoms with E-state index in [-0.39, 0.29) is 15.7 Å². The monoisotopic (exact) mass is 260 g/mol. The van der Waals surface area contributed by atoms with Gasteiger partial charge in [-0.05, 0) is 17.8 Å². The Bertz CT molecular complexity index is 582. The molecule has 0 aliphatic rings. The van der Waals surface area contributed by atoms with E-state index in [4.69, 9.17) is 11.6 Å². The molecule has 16 heavy (non-hydrogen) atoms. The molecular weight excluding hydrogens is 255 g/mol. The van der Waals surface area contributed by atoms with Crippen molar-refractivity contribution >= 4 is 23.4 Å². The molecule has 0 aliphatic heterocycles. The number of hydrogen-bond donors (Lipinski definition) is 1. The summed E-state index contributed by atoms with van der Waals surface area (Å²) in [6, 6.07) is 1.15. The highest BCUT2D eigenvalue weighted by molar-refractivity contribution is 7.99. The predicted molar refractivity (Wildman–Crippen MR) is 57.2 cm³/mol. The number of H-pyrrole nitrogens is 1. The van der Waals surface area contributed by atoms with Gasteiger partial charge in [0, 0.05) is 13.2 Å². The number of nitrogens with one attached hydrogen (secondary N) is 1. The maximum atomic E-state index is 13.4. The van der Waals surface area contributed by atoms with Crippen molar-refractivity contribution in [3.8, 4) is 0 Å². The van der Waals surface area contributed by atoms with Gasteiger partial charge in [-0.1, -0.05) is 11.6 Å². The van der Waals surface area contributed by atoms with Crippen LogP contribution >= 0.6 is 23.4 Å². The summed E-state index contributed by atoms with van der Waals surface area (Å²) in [7, 11) is 1.53. The molecule has 0 bridgehead atoms. The molecule has 1 N–H and O–H groups in total. The first kappa shape index (κ1) is 11.2. The number of pyridine rings is 1. The molecule has 2 heterocycles. The lowest BCUT2D eigenvalue weighted by atomic mass is 10.5. The van der Waals surface area contributed by atoms with Gasteiger partial charge in [-0.25, -0.2) is 19.3 Å². The minimum Gasteiger partial charge on any atom is -0.273 e. The van der Waals surface area contributed by atoms with Gasteiger partial charge in [0.25, 0.3) is 0 Å². The molecule has 5 nitrogen and oxygen atoms in total. The Kier molecular flexibility index (Phi) is 2.97. The molecule has 0 aliphatic carbocycles. The lowest BCUT2D eigenvalue weighted by Crippen LogP contribution is -2.12. The fourth-order valence-electron chi connectivity index (χ4n) is 0.987. The second-order valence-corrected chi connectivity index (χ2v) is 4.31. The average molecular weight is 261 g/mol. The SMILES string of the molecule is Cn1c(Sc2ncc(Cl)cc2F)n[nH]c1=O. The number of halogens is 2. The van der Waals surface area contributed by atoms with E-state index in [9.17, 15) is 9.18 Å². The maximum absolute atomic E-state index is 13.4. The van der Waals surface area contributed by atoms with E-state index < -0.39 is 5.82 Å². The lowest BCUT2D eigenvalue weighted by molar-refractivity contribution is 0.587. The molecule has 0 amide bonds. The van der Waals surface area contributed by atoms with Gasteiger partial charge < -0.3 is 0 Å². The predicted octanol–water partition coefficient (Wildman–Crippen LogP) is 1.45. The topological polar surface area (TPSA) is 63.6 Å². The molecule has 0 fully saturated rings. The van der Waals surface area contributed by atoms with Crippen LogP contribution in [0.15, 0.2) is 27.2 Å². The van der Waals surface area contributed by atoms with Crippen molar-refractivity contribution in [3.63, 3.8) is 0 Å². The van der Waals surface area contributed by atoms with Gasteiger partial charge in [0.1, 0.15) is 5.03 Å².